The fraction of sp³-hybridized carbons (Fsp3) is 1.00. The second-order valence-electron chi connectivity index (χ2n) is 7.05. The lowest BCUT2D eigenvalue weighted by molar-refractivity contribution is 0.0979. The van der Waals surface area contributed by atoms with Crippen molar-refractivity contribution >= 4 is 0 Å². The summed E-state index contributed by atoms with van der Waals surface area (Å²) in [7, 11) is 0. The molecule has 2 nitrogen and oxygen atoms in total. The lowest BCUT2D eigenvalue weighted by Gasteiger charge is -2.32. The van der Waals surface area contributed by atoms with E-state index in [-0.39, 0.29) is 0 Å². The maximum atomic E-state index is 5.74. The molecule has 3 fully saturated rings. The van der Waals surface area contributed by atoms with Crippen molar-refractivity contribution in [2.75, 3.05) is 13.2 Å². The Morgan fingerprint density at radius 3 is 2.42 bits per heavy atom. The minimum absolute atomic E-state index is 0.603. The van der Waals surface area contributed by atoms with Gasteiger partial charge in [0, 0.05) is 12.6 Å². The largest absolute Gasteiger partial charge is 0.378 e. The smallest absolute Gasteiger partial charge is 0.0576 e. The zero-order valence-corrected chi connectivity index (χ0v) is 12.4. The molecule has 0 aromatic rings. The zero-order valence-electron chi connectivity index (χ0n) is 12.4. The molecule has 0 radical (unpaired) electrons. The Morgan fingerprint density at radius 1 is 0.842 bits per heavy atom. The van der Waals surface area contributed by atoms with Crippen LogP contribution < -0.4 is 5.32 Å². The predicted molar refractivity (Wildman–Crippen MR) is 79.3 cm³/mol. The zero-order chi connectivity index (χ0) is 12.9. The Labute approximate surface area is 118 Å². The van der Waals surface area contributed by atoms with E-state index in [0.29, 0.717) is 6.10 Å². The topological polar surface area (TPSA) is 21.3 Å². The van der Waals surface area contributed by atoms with Gasteiger partial charge in [-0.15, -0.1) is 0 Å². The highest BCUT2D eigenvalue weighted by molar-refractivity contribution is 4.84. The lowest BCUT2D eigenvalue weighted by Crippen LogP contribution is -2.31. The van der Waals surface area contributed by atoms with Gasteiger partial charge in [-0.2, -0.15) is 0 Å². The fourth-order valence-electron chi connectivity index (χ4n) is 4.02. The van der Waals surface area contributed by atoms with Crippen LogP contribution in [0.15, 0.2) is 0 Å². The first kappa shape index (κ1) is 13.9. The molecular weight excluding hydrogens is 234 g/mol. The molecule has 2 aliphatic carbocycles. The summed E-state index contributed by atoms with van der Waals surface area (Å²) in [6, 6.07) is 0.884. The van der Waals surface area contributed by atoms with Gasteiger partial charge in [-0.25, -0.2) is 0 Å². The van der Waals surface area contributed by atoms with Crippen LogP contribution in [0.25, 0.3) is 0 Å². The highest BCUT2D eigenvalue weighted by Crippen LogP contribution is 2.34. The molecule has 110 valence electrons. The monoisotopic (exact) mass is 265 g/mol. The molecule has 19 heavy (non-hydrogen) atoms. The van der Waals surface area contributed by atoms with Crippen LogP contribution in [0.5, 0.6) is 0 Å². The molecule has 2 saturated carbocycles. The summed E-state index contributed by atoms with van der Waals surface area (Å²) in [5.41, 5.74) is 0. The molecule has 1 aliphatic heterocycles. The van der Waals surface area contributed by atoms with Crippen LogP contribution in [0.2, 0.25) is 0 Å². The average Bonchev–Trinajstić information content (AvgIpc) is 3.13. The van der Waals surface area contributed by atoms with Gasteiger partial charge < -0.3 is 10.1 Å². The SMILES string of the molecule is C1COC(CCCC2CCCCC2CNC2CC2)C1. The Kier molecular flexibility index (Phi) is 5.17. The van der Waals surface area contributed by atoms with Gasteiger partial charge in [0.2, 0.25) is 0 Å². The molecule has 0 bridgehead atoms. The van der Waals surface area contributed by atoms with E-state index in [9.17, 15) is 0 Å². The minimum Gasteiger partial charge on any atom is -0.378 e. The van der Waals surface area contributed by atoms with Gasteiger partial charge in [0.05, 0.1) is 6.10 Å². The summed E-state index contributed by atoms with van der Waals surface area (Å²) in [5, 5.41) is 3.76. The van der Waals surface area contributed by atoms with Crippen LogP contribution in [-0.4, -0.2) is 25.3 Å². The van der Waals surface area contributed by atoms with E-state index < -0.39 is 0 Å². The average molecular weight is 265 g/mol. The third-order valence-electron chi connectivity index (χ3n) is 5.44. The van der Waals surface area contributed by atoms with Crippen molar-refractivity contribution in [2.24, 2.45) is 11.8 Å². The van der Waals surface area contributed by atoms with Crippen LogP contribution in [0.3, 0.4) is 0 Å². The van der Waals surface area contributed by atoms with E-state index in [1.54, 1.807) is 0 Å². The minimum atomic E-state index is 0.603. The van der Waals surface area contributed by atoms with E-state index in [0.717, 1.165) is 24.5 Å². The molecule has 3 aliphatic rings. The molecule has 2 heteroatoms. The van der Waals surface area contributed by atoms with Gasteiger partial charge in [0.25, 0.3) is 0 Å². The van der Waals surface area contributed by atoms with Crippen LogP contribution in [-0.2, 0) is 4.74 Å². The molecule has 1 N–H and O–H groups in total. The van der Waals surface area contributed by atoms with Crippen LogP contribution in [0.1, 0.15) is 70.6 Å². The number of hydrogen-bond acceptors (Lipinski definition) is 2. The van der Waals surface area contributed by atoms with Crippen molar-refractivity contribution in [1.82, 2.24) is 5.32 Å². The number of ether oxygens (including phenoxy) is 1. The van der Waals surface area contributed by atoms with Gasteiger partial charge >= 0.3 is 0 Å². The van der Waals surface area contributed by atoms with E-state index >= 15 is 0 Å². The second-order valence-corrected chi connectivity index (χ2v) is 7.05. The predicted octanol–water partition coefficient (Wildman–Crippen LogP) is 3.89. The Morgan fingerprint density at radius 2 is 1.68 bits per heavy atom. The Bertz CT molecular complexity index is 258. The summed E-state index contributed by atoms with van der Waals surface area (Å²) >= 11 is 0. The highest BCUT2D eigenvalue weighted by Gasteiger charge is 2.28. The normalized spacial score (nSPS) is 35.7. The van der Waals surface area contributed by atoms with Crippen LogP contribution >= 0.6 is 0 Å². The summed E-state index contributed by atoms with van der Waals surface area (Å²) < 4.78 is 5.74. The lowest BCUT2D eigenvalue weighted by atomic mass is 9.76. The molecule has 0 aromatic heterocycles. The van der Waals surface area contributed by atoms with Gasteiger partial charge in [-0.05, 0) is 56.9 Å². The van der Waals surface area contributed by atoms with Crippen molar-refractivity contribution in [3.8, 4) is 0 Å². The van der Waals surface area contributed by atoms with E-state index in [4.69, 9.17) is 4.74 Å². The molecule has 3 unspecified atom stereocenters. The Balaban J connectivity index is 1.35. The summed E-state index contributed by atoms with van der Waals surface area (Å²) in [6.07, 6.45) is 16.2. The summed E-state index contributed by atoms with van der Waals surface area (Å²) in [6.45, 7) is 2.32. The summed E-state index contributed by atoms with van der Waals surface area (Å²) in [4.78, 5) is 0. The highest BCUT2D eigenvalue weighted by atomic mass is 16.5. The molecule has 3 atom stereocenters. The van der Waals surface area contributed by atoms with E-state index in [1.807, 2.05) is 0 Å². The standard InChI is InChI=1S/C17H31NO/c1-2-6-15(13-18-16-10-11-16)14(5-1)7-3-8-17-9-4-12-19-17/h14-18H,1-13H2. The van der Waals surface area contributed by atoms with Gasteiger partial charge in [0.1, 0.15) is 0 Å². The summed E-state index contributed by atoms with van der Waals surface area (Å²) in [5.74, 6) is 1.97. The van der Waals surface area contributed by atoms with Crippen molar-refractivity contribution in [3.63, 3.8) is 0 Å². The molecule has 0 spiro atoms. The molecule has 0 amide bonds. The Hall–Kier alpha value is -0.0800. The molecule has 3 rings (SSSR count). The number of rotatable bonds is 7. The molecule has 1 saturated heterocycles. The molecule has 1 heterocycles. The van der Waals surface area contributed by atoms with E-state index in [2.05, 4.69) is 5.32 Å². The third-order valence-corrected chi connectivity index (χ3v) is 5.44. The van der Waals surface area contributed by atoms with Crippen molar-refractivity contribution in [1.29, 1.82) is 0 Å². The third kappa shape index (κ3) is 4.46. The van der Waals surface area contributed by atoms with E-state index in [1.165, 1.54) is 77.2 Å². The van der Waals surface area contributed by atoms with Crippen LogP contribution in [0, 0.1) is 11.8 Å². The van der Waals surface area contributed by atoms with Crippen molar-refractivity contribution in [3.05, 3.63) is 0 Å². The van der Waals surface area contributed by atoms with Crippen LogP contribution in [0.4, 0.5) is 0 Å². The van der Waals surface area contributed by atoms with Gasteiger partial charge in [0.15, 0.2) is 0 Å². The van der Waals surface area contributed by atoms with Gasteiger partial charge in [-0.3, -0.25) is 0 Å². The maximum absolute atomic E-state index is 5.74. The maximum Gasteiger partial charge on any atom is 0.0576 e. The quantitative estimate of drug-likeness (QED) is 0.754. The van der Waals surface area contributed by atoms with Crippen molar-refractivity contribution < 1.29 is 4.74 Å². The number of hydrogen-bond donors (Lipinski definition) is 1. The molecular formula is C17H31NO. The molecule has 0 aromatic carbocycles. The first-order chi connectivity index (χ1) is 9.42. The first-order valence-electron chi connectivity index (χ1n) is 8.77. The fourth-order valence-corrected chi connectivity index (χ4v) is 4.02. The number of nitrogens with one attached hydrogen (secondary N) is 1. The van der Waals surface area contributed by atoms with Gasteiger partial charge in [-0.1, -0.05) is 32.1 Å². The second kappa shape index (κ2) is 7.08. The van der Waals surface area contributed by atoms with Crippen molar-refractivity contribution in [2.45, 2.75) is 82.8 Å². The first-order valence-corrected chi connectivity index (χ1v) is 8.77.